The van der Waals surface area contributed by atoms with Gasteiger partial charge in [-0.15, -0.1) is 11.6 Å². The van der Waals surface area contributed by atoms with Gasteiger partial charge in [0.25, 0.3) is 11.6 Å². The van der Waals surface area contributed by atoms with Crippen molar-refractivity contribution in [2.45, 2.75) is 64.1 Å². The Hall–Kier alpha value is -5.75. The Labute approximate surface area is 449 Å². The quantitative estimate of drug-likeness (QED) is 0.0237. The second-order valence-corrected chi connectivity index (χ2v) is 18.9. The van der Waals surface area contributed by atoms with E-state index >= 15 is 0 Å². The van der Waals surface area contributed by atoms with Gasteiger partial charge in [0.05, 0.1) is 65.0 Å². The van der Waals surface area contributed by atoms with Crippen LogP contribution in [0.15, 0.2) is 78.9 Å². The molecule has 1 aliphatic rings. The summed E-state index contributed by atoms with van der Waals surface area (Å²) < 4.78 is 73.5. The van der Waals surface area contributed by atoms with E-state index in [0.29, 0.717) is 25.0 Å². The van der Waals surface area contributed by atoms with Crippen molar-refractivity contribution >= 4 is 101 Å². The fraction of sp³-hybridized carbons (Fsp3) is 0.383. The van der Waals surface area contributed by atoms with Crippen LogP contribution in [-0.2, 0) is 50.6 Å². The number of anilines is 2. The van der Waals surface area contributed by atoms with Crippen molar-refractivity contribution < 1.29 is 85.2 Å². The molecule has 0 saturated heterocycles. The van der Waals surface area contributed by atoms with E-state index in [1.807, 2.05) is 57.2 Å². The molecular formula is C47H54Cl4F3N4O16P. The molecule has 2 unspecified atom stereocenters. The molecule has 2 atom stereocenters. The fourth-order valence-electron chi connectivity index (χ4n) is 6.56. The number of nitrogens with zero attached hydrogens (tertiary/aromatic N) is 3. The molecular weight excluding hydrogens is 1110 g/mol. The van der Waals surface area contributed by atoms with Crippen LogP contribution < -0.4 is 24.6 Å². The Balaban J connectivity index is 0.000000369. The third kappa shape index (κ3) is 21.4. The first kappa shape index (κ1) is 65.4. The molecule has 75 heavy (non-hydrogen) atoms. The molecule has 4 aromatic rings. The predicted octanol–water partition coefficient (Wildman–Crippen LogP) is 9.34. The van der Waals surface area contributed by atoms with Gasteiger partial charge in [-0.05, 0) is 81.6 Å². The molecule has 5 rings (SSSR count). The molecule has 20 nitrogen and oxygen atoms in total. The summed E-state index contributed by atoms with van der Waals surface area (Å²) in [6, 6.07) is 18.7. The fourth-order valence-corrected chi connectivity index (χ4v) is 7.53. The largest absolute Gasteiger partial charge is 0.489 e. The number of aliphatic carboxylic acids is 1. The van der Waals surface area contributed by atoms with Crippen molar-refractivity contribution in [1.29, 1.82) is 0 Å². The summed E-state index contributed by atoms with van der Waals surface area (Å²) in [4.78, 5) is 86.3. The van der Waals surface area contributed by atoms with Crippen LogP contribution in [0.2, 0.25) is 5.02 Å². The lowest BCUT2D eigenvalue weighted by molar-refractivity contribution is -0.385. The maximum absolute atomic E-state index is 12.7. The summed E-state index contributed by atoms with van der Waals surface area (Å²) in [6.45, 7) is 9.29. The number of amides is 2. The third-order valence-electron chi connectivity index (χ3n) is 9.74. The predicted molar refractivity (Wildman–Crippen MR) is 274 cm³/mol. The van der Waals surface area contributed by atoms with Crippen molar-refractivity contribution in [1.82, 2.24) is 5.32 Å². The van der Waals surface area contributed by atoms with Gasteiger partial charge in [0.15, 0.2) is 11.4 Å². The van der Waals surface area contributed by atoms with E-state index in [1.54, 1.807) is 16.9 Å². The molecule has 0 spiro atoms. The number of hydrogen-bond acceptors (Lipinski definition) is 14. The molecule has 0 aromatic heterocycles. The topological polar surface area (TPSA) is 271 Å². The van der Waals surface area contributed by atoms with E-state index in [4.69, 9.17) is 80.2 Å². The molecule has 1 aliphatic heterocycles. The van der Waals surface area contributed by atoms with Gasteiger partial charge in [0.2, 0.25) is 5.91 Å². The van der Waals surface area contributed by atoms with Gasteiger partial charge in [0.1, 0.15) is 35.3 Å². The number of alkyl halides is 6. The molecule has 4 N–H and O–H groups in total. The number of benzene rings is 4. The minimum Gasteiger partial charge on any atom is -0.489 e. The molecule has 0 radical (unpaired) electrons. The van der Waals surface area contributed by atoms with E-state index in [9.17, 15) is 51.8 Å². The Morgan fingerprint density at radius 3 is 2.23 bits per heavy atom. The SMILES string of the molecule is CC1COc2ccccc2N1C(=O)C(Cl)Cl.CCOC(=O)COC(=O)c1cc(Oc2ccc(C(F)(F)F)cc2Cl)ccc1[N+](=O)[O-].CCc1cccc(C)c1N(C(=O)CCl)C(C)COC.O=C(O)CNCP(=O)(O)O. The van der Waals surface area contributed by atoms with Gasteiger partial charge in [0, 0.05) is 19.2 Å². The normalized spacial score (nSPS) is 13.1. The van der Waals surface area contributed by atoms with Gasteiger partial charge in [-0.3, -0.25) is 34.4 Å². The second-order valence-electron chi connectivity index (χ2n) is 15.5. The first-order valence-corrected chi connectivity index (χ1v) is 25.6. The molecule has 0 bridgehead atoms. The van der Waals surface area contributed by atoms with E-state index in [0.717, 1.165) is 59.3 Å². The molecule has 1 heterocycles. The van der Waals surface area contributed by atoms with Crippen LogP contribution in [0.3, 0.4) is 0 Å². The third-order valence-corrected chi connectivity index (χ3v) is 11.3. The zero-order valence-corrected chi connectivity index (χ0v) is 44.9. The van der Waals surface area contributed by atoms with Crippen LogP contribution >= 0.6 is 54.0 Å². The number of carboxylic acids is 1. The first-order valence-electron chi connectivity index (χ1n) is 22.0. The van der Waals surface area contributed by atoms with Crippen molar-refractivity contribution in [2.75, 3.05) is 62.0 Å². The van der Waals surface area contributed by atoms with Crippen LogP contribution in [0.5, 0.6) is 17.2 Å². The zero-order valence-electron chi connectivity index (χ0n) is 41.0. The van der Waals surface area contributed by atoms with Gasteiger partial charge in [-0.2, -0.15) is 13.2 Å². The monoisotopic (exact) mass is 1160 g/mol. The highest BCUT2D eigenvalue weighted by molar-refractivity contribution is 7.51. The van der Waals surface area contributed by atoms with Crippen molar-refractivity contribution in [3.05, 3.63) is 116 Å². The van der Waals surface area contributed by atoms with Gasteiger partial charge >= 0.3 is 31.7 Å². The highest BCUT2D eigenvalue weighted by Gasteiger charge is 2.33. The van der Waals surface area contributed by atoms with E-state index in [1.165, 1.54) is 6.92 Å². The smallest absolute Gasteiger partial charge is 0.416 e. The van der Waals surface area contributed by atoms with Crippen molar-refractivity contribution in [3.63, 3.8) is 0 Å². The molecule has 28 heteroatoms. The number of esters is 2. The molecule has 2 amide bonds. The summed E-state index contributed by atoms with van der Waals surface area (Å²) in [6.07, 6.45) is -4.33. The standard InChI is InChI=1S/C18H13ClF3NO7.C15H22ClNO2.C11H11Cl2NO2.C3H8NO5P/c1-2-28-16(24)9-29-17(25)12-8-11(4-5-14(12)23(26)27)30-15-6-3-10(7-13(15)19)18(20,21)22;1-5-13-8-6-7-11(2)15(13)17(14(18)9-16)12(3)10-19-4;1-7-6-16-9-5-3-2-4-8(9)14(7)11(15)10(12)13;5-3(6)1-4-2-10(7,8)9/h3-8H,2,9H2,1H3;6-8,12H,5,9-10H2,1-4H3;2-5,7,10H,6H2,1H3;4H,1-2H2,(H,5,6)(H2,7,8,9). The Morgan fingerprint density at radius 1 is 1.01 bits per heavy atom. The zero-order chi connectivity index (χ0) is 56.8. The summed E-state index contributed by atoms with van der Waals surface area (Å²) in [7, 11) is -2.46. The number of ether oxygens (including phenoxy) is 5. The van der Waals surface area contributed by atoms with Crippen LogP contribution in [0.1, 0.15) is 54.7 Å². The van der Waals surface area contributed by atoms with Crippen LogP contribution in [0.25, 0.3) is 0 Å². The number of carbonyl (C=O) groups is 5. The summed E-state index contributed by atoms with van der Waals surface area (Å²) in [5.41, 5.74) is 1.77. The number of rotatable bonds is 18. The number of carboxylic acid groups (broad SMARTS) is 1. The Bertz CT molecular complexity index is 2650. The van der Waals surface area contributed by atoms with E-state index in [-0.39, 0.29) is 52.9 Å². The number of para-hydroxylation sites is 3. The molecule has 0 aliphatic carbocycles. The molecule has 4 aromatic carbocycles. The number of nitrogens with one attached hydrogen (secondary N) is 1. The molecule has 0 saturated carbocycles. The summed E-state index contributed by atoms with van der Waals surface area (Å²) in [5, 5.41) is 20.9. The maximum atomic E-state index is 12.7. The lowest BCUT2D eigenvalue weighted by atomic mass is 10.0. The number of nitro groups is 1. The molecule has 412 valence electrons. The number of methoxy groups -OCH3 is 1. The minimum absolute atomic E-state index is 0.0223. The van der Waals surface area contributed by atoms with Gasteiger partial charge < -0.3 is 48.4 Å². The number of fused-ring (bicyclic) bond motifs is 1. The van der Waals surface area contributed by atoms with Crippen molar-refractivity contribution in [3.8, 4) is 17.2 Å². The number of carbonyl (C=O) groups excluding carboxylic acids is 4. The first-order chi connectivity index (χ1) is 35.1. The Morgan fingerprint density at radius 2 is 1.68 bits per heavy atom. The van der Waals surface area contributed by atoms with Gasteiger partial charge in [-0.1, -0.05) is 72.1 Å². The Kier molecular flexibility index (Phi) is 27.3. The average molecular weight is 1160 g/mol. The van der Waals surface area contributed by atoms with Gasteiger partial charge in [-0.25, -0.2) is 9.59 Å². The highest BCUT2D eigenvalue weighted by Crippen LogP contribution is 2.38. The van der Waals surface area contributed by atoms with E-state index < -0.39 is 77.7 Å². The number of halogens is 7. The maximum Gasteiger partial charge on any atom is 0.416 e. The summed E-state index contributed by atoms with van der Waals surface area (Å²) in [5.74, 6) is -3.24. The van der Waals surface area contributed by atoms with Crippen LogP contribution in [0.4, 0.5) is 30.2 Å². The minimum atomic E-state index is -4.61. The molecule has 0 fully saturated rings. The van der Waals surface area contributed by atoms with Crippen molar-refractivity contribution in [2.24, 2.45) is 0 Å². The van der Waals surface area contributed by atoms with E-state index in [2.05, 4.69) is 23.0 Å². The number of aryl methyl sites for hydroxylation is 2. The summed E-state index contributed by atoms with van der Waals surface area (Å²) >= 11 is 22.8. The lowest BCUT2D eigenvalue weighted by Crippen LogP contribution is -2.47. The van der Waals surface area contributed by atoms with Crippen LogP contribution in [-0.4, -0.2) is 119 Å². The highest BCUT2D eigenvalue weighted by atomic mass is 35.5. The second kappa shape index (κ2) is 31.3. The average Bonchev–Trinajstić information content (AvgIpc) is 3.34. The number of hydrogen-bond donors (Lipinski definition) is 4. The lowest BCUT2D eigenvalue weighted by Gasteiger charge is -2.35. The van der Waals surface area contributed by atoms with Crippen LogP contribution in [0, 0.1) is 17.0 Å². The number of nitro benzene ring substituents is 1.